The van der Waals surface area contributed by atoms with E-state index in [1.54, 1.807) is 0 Å². The summed E-state index contributed by atoms with van der Waals surface area (Å²) in [5.41, 5.74) is 6.46. The predicted octanol–water partition coefficient (Wildman–Crippen LogP) is 2.06. The third kappa shape index (κ3) is 2.73. The summed E-state index contributed by atoms with van der Waals surface area (Å²) in [6, 6.07) is 1.36. The predicted molar refractivity (Wildman–Crippen MR) is 77.7 cm³/mol. The Morgan fingerprint density at radius 3 is 2.61 bits per heavy atom. The third-order valence-corrected chi connectivity index (χ3v) is 5.13. The van der Waals surface area contributed by atoms with E-state index in [2.05, 4.69) is 30.6 Å². The minimum absolute atomic E-state index is 0.258. The van der Waals surface area contributed by atoms with Gasteiger partial charge < -0.3 is 5.73 Å². The molecule has 2 unspecified atom stereocenters. The summed E-state index contributed by atoms with van der Waals surface area (Å²) in [7, 11) is 0. The molecule has 0 aromatic heterocycles. The van der Waals surface area contributed by atoms with Crippen molar-refractivity contribution in [2.75, 3.05) is 26.2 Å². The summed E-state index contributed by atoms with van der Waals surface area (Å²) < 4.78 is 0. The summed E-state index contributed by atoms with van der Waals surface area (Å²) in [6.07, 6.45) is 6.75. The molecule has 0 aromatic carbocycles. The van der Waals surface area contributed by atoms with E-state index < -0.39 is 0 Å². The molecule has 2 aliphatic heterocycles. The Bertz CT molecular complexity index is 266. The van der Waals surface area contributed by atoms with Gasteiger partial charge in [0.15, 0.2) is 0 Å². The molecular weight excluding hydrogens is 222 g/mol. The lowest BCUT2D eigenvalue weighted by atomic mass is 9.93. The average molecular weight is 253 g/mol. The van der Waals surface area contributed by atoms with Crippen LogP contribution < -0.4 is 5.73 Å². The largest absolute Gasteiger partial charge is 0.329 e. The van der Waals surface area contributed by atoms with Crippen LogP contribution in [0.1, 0.15) is 52.9 Å². The highest BCUT2D eigenvalue weighted by atomic mass is 15.3. The SMILES string of the molecule is CC(C)N1CCC(CN)(N2CCCCCC2C)C1. The van der Waals surface area contributed by atoms with Crippen LogP contribution in [-0.4, -0.2) is 53.6 Å². The molecule has 2 aliphatic rings. The Labute approximate surface area is 113 Å². The maximum Gasteiger partial charge on any atom is 0.0473 e. The quantitative estimate of drug-likeness (QED) is 0.835. The standard InChI is InChI=1S/C15H31N3/c1-13(2)17-10-8-15(11-16,12-17)18-9-6-4-5-7-14(18)3/h13-14H,4-12,16H2,1-3H3. The highest BCUT2D eigenvalue weighted by molar-refractivity contribution is 5.02. The first-order valence-electron chi connectivity index (χ1n) is 7.80. The van der Waals surface area contributed by atoms with Crippen LogP contribution in [0.4, 0.5) is 0 Å². The summed E-state index contributed by atoms with van der Waals surface area (Å²) in [4.78, 5) is 5.35. The van der Waals surface area contributed by atoms with Gasteiger partial charge in [-0.2, -0.15) is 0 Å². The van der Waals surface area contributed by atoms with E-state index in [0.717, 1.165) is 6.54 Å². The first kappa shape index (κ1) is 14.3. The number of nitrogens with two attached hydrogens (primary N) is 1. The van der Waals surface area contributed by atoms with Gasteiger partial charge in [-0.25, -0.2) is 0 Å². The van der Waals surface area contributed by atoms with Gasteiger partial charge in [0, 0.05) is 37.3 Å². The smallest absolute Gasteiger partial charge is 0.0473 e. The number of hydrogen-bond acceptors (Lipinski definition) is 3. The minimum atomic E-state index is 0.258. The number of likely N-dealkylation sites (tertiary alicyclic amines) is 2. The molecule has 3 nitrogen and oxygen atoms in total. The lowest BCUT2D eigenvalue weighted by Crippen LogP contribution is -2.58. The molecule has 0 radical (unpaired) electrons. The van der Waals surface area contributed by atoms with E-state index in [9.17, 15) is 0 Å². The van der Waals surface area contributed by atoms with E-state index in [1.165, 1.54) is 51.7 Å². The van der Waals surface area contributed by atoms with E-state index >= 15 is 0 Å². The maximum absolute atomic E-state index is 6.21. The van der Waals surface area contributed by atoms with Crippen molar-refractivity contribution < 1.29 is 0 Å². The summed E-state index contributed by atoms with van der Waals surface area (Å²) in [6.45, 7) is 11.5. The first-order valence-corrected chi connectivity index (χ1v) is 7.80. The Hall–Kier alpha value is -0.120. The van der Waals surface area contributed by atoms with Gasteiger partial charge in [0.05, 0.1) is 0 Å². The van der Waals surface area contributed by atoms with Crippen LogP contribution in [0.15, 0.2) is 0 Å². The topological polar surface area (TPSA) is 32.5 Å². The molecule has 2 heterocycles. The maximum atomic E-state index is 6.21. The Morgan fingerprint density at radius 2 is 2.00 bits per heavy atom. The van der Waals surface area contributed by atoms with Crippen LogP contribution >= 0.6 is 0 Å². The van der Waals surface area contributed by atoms with Crippen LogP contribution in [0, 0.1) is 0 Å². The van der Waals surface area contributed by atoms with E-state index in [-0.39, 0.29) is 5.54 Å². The van der Waals surface area contributed by atoms with Crippen molar-refractivity contribution in [1.82, 2.24) is 9.80 Å². The van der Waals surface area contributed by atoms with Gasteiger partial charge in [-0.1, -0.05) is 12.8 Å². The number of hydrogen-bond donors (Lipinski definition) is 1. The van der Waals surface area contributed by atoms with Gasteiger partial charge in [-0.05, 0) is 46.6 Å². The second-order valence-corrected chi connectivity index (χ2v) is 6.63. The van der Waals surface area contributed by atoms with Crippen LogP contribution in [0.25, 0.3) is 0 Å². The lowest BCUT2D eigenvalue weighted by Gasteiger charge is -2.44. The molecule has 3 heteroatoms. The first-order chi connectivity index (χ1) is 8.59. The fourth-order valence-electron chi connectivity index (χ4n) is 3.83. The van der Waals surface area contributed by atoms with Gasteiger partial charge in [0.25, 0.3) is 0 Å². The van der Waals surface area contributed by atoms with Crippen LogP contribution in [-0.2, 0) is 0 Å². The number of nitrogens with zero attached hydrogens (tertiary/aromatic N) is 2. The van der Waals surface area contributed by atoms with Crippen LogP contribution in [0.2, 0.25) is 0 Å². The molecular formula is C15H31N3. The zero-order valence-electron chi connectivity index (χ0n) is 12.5. The summed E-state index contributed by atoms with van der Waals surface area (Å²) in [5, 5.41) is 0. The van der Waals surface area contributed by atoms with Gasteiger partial charge in [-0.3, -0.25) is 9.80 Å². The highest BCUT2D eigenvalue weighted by Crippen LogP contribution is 2.33. The van der Waals surface area contributed by atoms with Crippen molar-refractivity contribution in [2.45, 2.75) is 70.5 Å². The highest BCUT2D eigenvalue weighted by Gasteiger charge is 2.44. The van der Waals surface area contributed by atoms with Crippen molar-refractivity contribution in [1.29, 1.82) is 0 Å². The molecule has 2 fully saturated rings. The second-order valence-electron chi connectivity index (χ2n) is 6.63. The van der Waals surface area contributed by atoms with E-state index in [0.29, 0.717) is 12.1 Å². The molecule has 2 atom stereocenters. The number of rotatable bonds is 3. The molecule has 2 N–H and O–H groups in total. The van der Waals surface area contributed by atoms with Gasteiger partial charge in [0.2, 0.25) is 0 Å². The fraction of sp³-hybridized carbons (Fsp3) is 1.00. The fourth-order valence-corrected chi connectivity index (χ4v) is 3.83. The van der Waals surface area contributed by atoms with Gasteiger partial charge in [0.1, 0.15) is 0 Å². The molecule has 2 saturated heterocycles. The minimum Gasteiger partial charge on any atom is -0.329 e. The molecule has 0 aromatic rings. The molecule has 0 amide bonds. The average Bonchev–Trinajstić information content (AvgIpc) is 2.68. The Morgan fingerprint density at radius 1 is 1.22 bits per heavy atom. The van der Waals surface area contributed by atoms with Crippen molar-refractivity contribution >= 4 is 0 Å². The van der Waals surface area contributed by atoms with Crippen molar-refractivity contribution in [2.24, 2.45) is 5.73 Å². The molecule has 2 rings (SSSR count). The zero-order valence-corrected chi connectivity index (χ0v) is 12.5. The monoisotopic (exact) mass is 253 g/mol. The van der Waals surface area contributed by atoms with Crippen molar-refractivity contribution in [3.63, 3.8) is 0 Å². The second kappa shape index (κ2) is 5.89. The van der Waals surface area contributed by atoms with E-state index in [4.69, 9.17) is 5.73 Å². The lowest BCUT2D eigenvalue weighted by molar-refractivity contribution is 0.0595. The molecule has 106 valence electrons. The normalized spacial score (nSPS) is 36.2. The van der Waals surface area contributed by atoms with Crippen molar-refractivity contribution in [3.05, 3.63) is 0 Å². The third-order valence-electron chi connectivity index (χ3n) is 5.13. The Balaban J connectivity index is 2.11. The van der Waals surface area contributed by atoms with Crippen LogP contribution in [0.5, 0.6) is 0 Å². The molecule has 0 aliphatic carbocycles. The van der Waals surface area contributed by atoms with Gasteiger partial charge in [-0.15, -0.1) is 0 Å². The molecule has 0 spiro atoms. The van der Waals surface area contributed by atoms with E-state index in [1.807, 2.05) is 0 Å². The summed E-state index contributed by atoms with van der Waals surface area (Å²) in [5.74, 6) is 0. The van der Waals surface area contributed by atoms with Gasteiger partial charge >= 0.3 is 0 Å². The summed E-state index contributed by atoms with van der Waals surface area (Å²) >= 11 is 0. The molecule has 18 heavy (non-hydrogen) atoms. The zero-order chi connectivity index (χ0) is 13.2. The molecule has 0 saturated carbocycles. The van der Waals surface area contributed by atoms with Crippen molar-refractivity contribution in [3.8, 4) is 0 Å². The van der Waals surface area contributed by atoms with Crippen LogP contribution in [0.3, 0.4) is 0 Å². The molecule has 0 bridgehead atoms. The Kier molecular flexibility index (Phi) is 4.68.